The standard InChI is InChI=1S/C21H27N3O3/c1-14(2)13-26-18-10-6-5-9-17(18)21(25)24-11-7-8-16(12-24)20-22-19(15(3)4)23-27-20/h5-6,9-10,15-16H,1,7-8,11-13H2,2-4H3. The molecule has 0 aliphatic carbocycles. The van der Waals surface area contributed by atoms with E-state index in [1.54, 1.807) is 0 Å². The number of benzene rings is 1. The molecule has 2 aromatic rings. The maximum Gasteiger partial charge on any atom is 0.257 e. The predicted octanol–water partition coefficient (Wildman–Crippen LogP) is 4.17. The number of amides is 1. The normalized spacial score (nSPS) is 17.2. The van der Waals surface area contributed by atoms with Crippen molar-refractivity contribution in [2.75, 3.05) is 19.7 Å². The molecular formula is C21H27N3O3. The molecule has 0 spiro atoms. The summed E-state index contributed by atoms with van der Waals surface area (Å²) < 4.78 is 11.2. The van der Waals surface area contributed by atoms with Gasteiger partial charge >= 0.3 is 0 Å². The van der Waals surface area contributed by atoms with E-state index in [4.69, 9.17) is 9.26 Å². The van der Waals surface area contributed by atoms with Crippen LogP contribution in [0, 0.1) is 0 Å². The molecule has 1 fully saturated rings. The first-order chi connectivity index (χ1) is 13.0. The first-order valence-corrected chi connectivity index (χ1v) is 9.44. The Morgan fingerprint density at radius 2 is 2.19 bits per heavy atom. The Balaban J connectivity index is 1.74. The highest BCUT2D eigenvalue weighted by molar-refractivity contribution is 5.97. The number of carbonyl (C=O) groups excluding carboxylic acids is 1. The van der Waals surface area contributed by atoms with Gasteiger partial charge in [-0.2, -0.15) is 4.98 Å². The van der Waals surface area contributed by atoms with Gasteiger partial charge in [0.2, 0.25) is 5.89 Å². The van der Waals surface area contributed by atoms with Crippen LogP contribution >= 0.6 is 0 Å². The van der Waals surface area contributed by atoms with Crippen LogP contribution in [0.25, 0.3) is 0 Å². The zero-order valence-electron chi connectivity index (χ0n) is 16.3. The SMILES string of the molecule is C=C(C)COc1ccccc1C(=O)N1CCCC(c2nc(C(C)C)no2)C1. The molecule has 144 valence electrons. The van der Waals surface area contributed by atoms with Gasteiger partial charge in [0.25, 0.3) is 5.91 Å². The summed E-state index contributed by atoms with van der Waals surface area (Å²) in [5.74, 6) is 2.20. The molecule has 1 atom stereocenters. The lowest BCUT2D eigenvalue weighted by molar-refractivity contribution is 0.0691. The van der Waals surface area contributed by atoms with Crippen molar-refractivity contribution in [1.29, 1.82) is 0 Å². The number of rotatable bonds is 6. The first-order valence-electron chi connectivity index (χ1n) is 9.44. The van der Waals surface area contributed by atoms with E-state index in [-0.39, 0.29) is 17.7 Å². The third kappa shape index (κ3) is 4.56. The number of carbonyl (C=O) groups is 1. The molecule has 6 nitrogen and oxygen atoms in total. The Labute approximate surface area is 160 Å². The fourth-order valence-electron chi connectivity index (χ4n) is 3.15. The molecule has 2 heterocycles. The Morgan fingerprint density at radius 3 is 2.89 bits per heavy atom. The van der Waals surface area contributed by atoms with E-state index in [0.717, 1.165) is 25.0 Å². The number of hydrogen-bond donors (Lipinski definition) is 0. The summed E-state index contributed by atoms with van der Waals surface area (Å²) in [5.41, 5.74) is 1.49. The number of aromatic nitrogens is 2. The minimum Gasteiger partial charge on any atom is -0.488 e. The summed E-state index contributed by atoms with van der Waals surface area (Å²) >= 11 is 0. The van der Waals surface area contributed by atoms with Gasteiger partial charge in [0.05, 0.1) is 11.5 Å². The van der Waals surface area contributed by atoms with Gasteiger partial charge < -0.3 is 14.2 Å². The van der Waals surface area contributed by atoms with E-state index in [9.17, 15) is 4.79 Å². The Hall–Kier alpha value is -2.63. The first kappa shape index (κ1) is 19.1. The molecule has 0 radical (unpaired) electrons. The van der Waals surface area contributed by atoms with Crippen molar-refractivity contribution in [2.24, 2.45) is 0 Å². The zero-order valence-corrected chi connectivity index (χ0v) is 16.3. The summed E-state index contributed by atoms with van der Waals surface area (Å²) in [5, 5.41) is 4.06. The summed E-state index contributed by atoms with van der Waals surface area (Å²) in [4.78, 5) is 19.5. The summed E-state index contributed by atoms with van der Waals surface area (Å²) in [6.45, 7) is 11.5. The lowest BCUT2D eigenvalue weighted by Gasteiger charge is -2.31. The van der Waals surface area contributed by atoms with Crippen molar-refractivity contribution in [1.82, 2.24) is 15.0 Å². The average Bonchev–Trinajstić information content (AvgIpc) is 3.17. The molecule has 1 amide bonds. The molecule has 1 saturated heterocycles. The molecule has 1 aromatic carbocycles. The highest BCUT2D eigenvalue weighted by Gasteiger charge is 2.30. The van der Waals surface area contributed by atoms with Crippen LogP contribution in [0.3, 0.4) is 0 Å². The molecule has 1 aromatic heterocycles. The predicted molar refractivity (Wildman–Crippen MR) is 103 cm³/mol. The second kappa shape index (κ2) is 8.37. The summed E-state index contributed by atoms with van der Waals surface area (Å²) in [6, 6.07) is 7.36. The van der Waals surface area contributed by atoms with Crippen LogP contribution in [0.5, 0.6) is 5.75 Å². The van der Waals surface area contributed by atoms with Gasteiger partial charge in [-0.25, -0.2) is 0 Å². The van der Waals surface area contributed by atoms with Crippen molar-refractivity contribution in [3.8, 4) is 5.75 Å². The Morgan fingerprint density at radius 1 is 1.41 bits per heavy atom. The molecule has 27 heavy (non-hydrogen) atoms. The van der Waals surface area contributed by atoms with Gasteiger partial charge in [0.15, 0.2) is 5.82 Å². The molecule has 6 heteroatoms. The summed E-state index contributed by atoms with van der Waals surface area (Å²) in [6.07, 6.45) is 1.85. The quantitative estimate of drug-likeness (QED) is 0.715. The smallest absolute Gasteiger partial charge is 0.257 e. The topological polar surface area (TPSA) is 68.5 Å². The van der Waals surface area contributed by atoms with E-state index >= 15 is 0 Å². The van der Waals surface area contributed by atoms with E-state index in [0.29, 0.717) is 36.2 Å². The van der Waals surface area contributed by atoms with E-state index in [1.165, 1.54) is 0 Å². The van der Waals surface area contributed by atoms with Crippen molar-refractivity contribution in [2.45, 2.75) is 45.4 Å². The lowest BCUT2D eigenvalue weighted by Crippen LogP contribution is -2.39. The van der Waals surface area contributed by atoms with E-state index in [1.807, 2.05) is 49.9 Å². The van der Waals surface area contributed by atoms with Crippen molar-refractivity contribution < 1.29 is 14.1 Å². The number of para-hydroxylation sites is 1. The minimum atomic E-state index is -0.0272. The highest BCUT2D eigenvalue weighted by Crippen LogP contribution is 2.29. The molecule has 0 saturated carbocycles. The van der Waals surface area contributed by atoms with Gasteiger partial charge in [-0.05, 0) is 37.5 Å². The van der Waals surface area contributed by atoms with Crippen molar-refractivity contribution >= 4 is 5.91 Å². The number of hydrogen-bond acceptors (Lipinski definition) is 5. The maximum atomic E-state index is 13.1. The highest BCUT2D eigenvalue weighted by atomic mass is 16.5. The molecule has 3 rings (SSSR count). The fraction of sp³-hybridized carbons (Fsp3) is 0.476. The van der Waals surface area contributed by atoms with Crippen LogP contribution in [0.4, 0.5) is 0 Å². The third-order valence-corrected chi connectivity index (χ3v) is 4.62. The van der Waals surface area contributed by atoms with Crippen LogP contribution in [0.1, 0.15) is 67.5 Å². The van der Waals surface area contributed by atoms with Crippen LogP contribution in [0.2, 0.25) is 0 Å². The molecule has 1 unspecified atom stereocenters. The molecule has 1 aliphatic rings. The van der Waals surface area contributed by atoms with Crippen molar-refractivity contribution in [3.05, 3.63) is 53.7 Å². The number of nitrogens with zero attached hydrogens (tertiary/aromatic N) is 3. The molecule has 0 bridgehead atoms. The van der Waals surface area contributed by atoms with E-state index in [2.05, 4.69) is 16.7 Å². The summed E-state index contributed by atoms with van der Waals surface area (Å²) in [7, 11) is 0. The second-order valence-electron chi connectivity index (χ2n) is 7.48. The van der Waals surface area contributed by atoms with Crippen LogP contribution in [-0.2, 0) is 0 Å². The average molecular weight is 369 g/mol. The maximum absolute atomic E-state index is 13.1. The van der Waals surface area contributed by atoms with Crippen molar-refractivity contribution in [3.63, 3.8) is 0 Å². The van der Waals surface area contributed by atoms with Gasteiger partial charge in [0, 0.05) is 19.0 Å². The minimum absolute atomic E-state index is 0.0272. The van der Waals surface area contributed by atoms with Crippen LogP contribution < -0.4 is 4.74 Å². The lowest BCUT2D eigenvalue weighted by atomic mass is 9.97. The van der Waals surface area contributed by atoms with Gasteiger partial charge in [-0.15, -0.1) is 0 Å². The Kier molecular flexibility index (Phi) is 5.94. The molecule has 0 N–H and O–H groups in total. The fourth-order valence-corrected chi connectivity index (χ4v) is 3.15. The number of likely N-dealkylation sites (tertiary alicyclic amines) is 1. The monoisotopic (exact) mass is 369 g/mol. The number of piperidine rings is 1. The van der Waals surface area contributed by atoms with Gasteiger partial charge in [-0.3, -0.25) is 4.79 Å². The van der Waals surface area contributed by atoms with Crippen LogP contribution in [0.15, 0.2) is 40.9 Å². The molecular weight excluding hydrogens is 342 g/mol. The second-order valence-corrected chi connectivity index (χ2v) is 7.48. The number of ether oxygens (including phenoxy) is 1. The van der Waals surface area contributed by atoms with Gasteiger partial charge in [-0.1, -0.05) is 37.7 Å². The Bertz CT molecular complexity index is 813. The third-order valence-electron chi connectivity index (χ3n) is 4.62. The van der Waals surface area contributed by atoms with Crippen LogP contribution in [-0.4, -0.2) is 40.6 Å². The molecule has 1 aliphatic heterocycles. The van der Waals surface area contributed by atoms with E-state index < -0.39 is 0 Å². The zero-order chi connectivity index (χ0) is 19.4. The van der Waals surface area contributed by atoms with Gasteiger partial charge in [0.1, 0.15) is 12.4 Å². The largest absolute Gasteiger partial charge is 0.488 e.